The molecule has 1 aromatic rings. The smallest absolute Gasteiger partial charge is 0.0940 e. The lowest BCUT2D eigenvalue weighted by Gasteiger charge is -2.29. The van der Waals surface area contributed by atoms with Crippen molar-refractivity contribution in [1.82, 2.24) is 5.32 Å². The fraction of sp³-hybridized carbons (Fsp3) is 0.600. The van der Waals surface area contributed by atoms with E-state index >= 15 is 0 Å². The molecule has 0 aromatic heterocycles. The van der Waals surface area contributed by atoms with Gasteiger partial charge in [-0.2, -0.15) is 0 Å². The lowest BCUT2D eigenvalue weighted by atomic mass is 9.97. The molecule has 0 radical (unpaired) electrons. The second-order valence-corrected chi connectivity index (χ2v) is 5.97. The Labute approximate surface area is 105 Å². The maximum atomic E-state index is 10.3. The molecule has 0 bridgehead atoms. The van der Waals surface area contributed by atoms with Crippen molar-refractivity contribution in [3.05, 3.63) is 34.9 Å². The van der Waals surface area contributed by atoms with Crippen molar-refractivity contribution in [2.24, 2.45) is 0 Å². The van der Waals surface area contributed by atoms with Gasteiger partial charge in [0, 0.05) is 11.6 Å². The molecule has 0 saturated carbocycles. The summed E-state index contributed by atoms with van der Waals surface area (Å²) >= 11 is 0. The largest absolute Gasteiger partial charge is 0.387 e. The zero-order valence-corrected chi connectivity index (χ0v) is 11.8. The van der Waals surface area contributed by atoms with Crippen LogP contribution in [0.1, 0.15) is 50.5 Å². The highest BCUT2D eigenvalue weighted by Crippen LogP contribution is 2.21. The Balaban J connectivity index is 2.81. The Hall–Kier alpha value is -0.860. The molecule has 0 amide bonds. The molecule has 0 spiro atoms. The minimum Gasteiger partial charge on any atom is -0.387 e. The summed E-state index contributed by atoms with van der Waals surface area (Å²) in [5.74, 6) is 0. The topological polar surface area (TPSA) is 32.3 Å². The quantitative estimate of drug-likeness (QED) is 0.843. The summed E-state index contributed by atoms with van der Waals surface area (Å²) in [6.07, 6.45) is -0.464. The molecule has 1 aromatic carbocycles. The molecule has 96 valence electrons. The predicted molar refractivity (Wildman–Crippen MR) is 73.2 cm³/mol. The fourth-order valence-electron chi connectivity index (χ4n) is 2.00. The van der Waals surface area contributed by atoms with Gasteiger partial charge in [0.1, 0.15) is 0 Å². The van der Waals surface area contributed by atoms with Crippen LogP contribution in [-0.4, -0.2) is 16.7 Å². The van der Waals surface area contributed by atoms with Crippen LogP contribution in [0.15, 0.2) is 18.2 Å². The maximum Gasteiger partial charge on any atom is 0.0940 e. The van der Waals surface area contributed by atoms with Crippen LogP contribution in [0.2, 0.25) is 0 Å². The van der Waals surface area contributed by atoms with E-state index in [0.717, 1.165) is 5.56 Å². The zero-order valence-electron chi connectivity index (χ0n) is 11.8. The average Bonchev–Trinajstić information content (AvgIpc) is 2.18. The molecule has 0 fully saturated rings. The van der Waals surface area contributed by atoms with Gasteiger partial charge < -0.3 is 10.4 Å². The Morgan fingerprint density at radius 3 is 2.18 bits per heavy atom. The van der Waals surface area contributed by atoms with Gasteiger partial charge in [0.05, 0.1) is 6.10 Å². The third-order valence-electron chi connectivity index (χ3n) is 3.01. The van der Waals surface area contributed by atoms with Crippen molar-refractivity contribution in [2.75, 3.05) is 0 Å². The average molecular weight is 235 g/mol. The van der Waals surface area contributed by atoms with Crippen LogP contribution < -0.4 is 5.32 Å². The molecule has 2 unspecified atom stereocenters. The van der Waals surface area contributed by atoms with Crippen molar-refractivity contribution in [3.63, 3.8) is 0 Å². The van der Waals surface area contributed by atoms with Gasteiger partial charge in [0.25, 0.3) is 0 Å². The number of hydrogen-bond acceptors (Lipinski definition) is 2. The number of nitrogens with one attached hydrogen (secondary N) is 1. The van der Waals surface area contributed by atoms with Gasteiger partial charge in [-0.25, -0.2) is 0 Å². The van der Waals surface area contributed by atoms with Crippen LogP contribution in [0.3, 0.4) is 0 Å². The Morgan fingerprint density at radius 2 is 1.71 bits per heavy atom. The van der Waals surface area contributed by atoms with Crippen LogP contribution in [0.4, 0.5) is 0 Å². The van der Waals surface area contributed by atoms with Crippen LogP contribution in [-0.2, 0) is 0 Å². The van der Waals surface area contributed by atoms with E-state index in [9.17, 15) is 5.11 Å². The number of aryl methyl sites for hydroxylation is 2. The van der Waals surface area contributed by atoms with E-state index in [-0.39, 0.29) is 11.6 Å². The van der Waals surface area contributed by atoms with E-state index in [1.165, 1.54) is 11.1 Å². The lowest BCUT2D eigenvalue weighted by Crippen LogP contribution is -2.44. The molecule has 0 aliphatic heterocycles. The van der Waals surface area contributed by atoms with Gasteiger partial charge in [0.2, 0.25) is 0 Å². The standard InChI is InChI=1S/C15H25NO/c1-10-7-8-13(9-11(10)2)14(17)12(3)16-15(4,5)6/h7-9,12,14,16-17H,1-6H3. The molecular weight excluding hydrogens is 210 g/mol. The Bertz CT molecular complexity index is 379. The molecule has 0 saturated heterocycles. The van der Waals surface area contributed by atoms with E-state index in [1.807, 2.05) is 13.0 Å². The summed E-state index contributed by atoms with van der Waals surface area (Å²) in [6.45, 7) is 12.5. The SMILES string of the molecule is Cc1ccc(C(O)C(C)NC(C)(C)C)cc1C. The Kier molecular flexibility index (Phi) is 4.34. The van der Waals surface area contributed by atoms with Crippen LogP contribution in [0, 0.1) is 13.8 Å². The maximum absolute atomic E-state index is 10.3. The van der Waals surface area contributed by atoms with E-state index < -0.39 is 6.10 Å². The minimum absolute atomic E-state index is 0.0140. The Morgan fingerprint density at radius 1 is 1.12 bits per heavy atom. The van der Waals surface area contributed by atoms with E-state index in [2.05, 4.69) is 52.1 Å². The van der Waals surface area contributed by atoms with Crippen molar-refractivity contribution >= 4 is 0 Å². The molecule has 17 heavy (non-hydrogen) atoms. The highest BCUT2D eigenvalue weighted by atomic mass is 16.3. The number of hydrogen-bond donors (Lipinski definition) is 2. The van der Waals surface area contributed by atoms with Gasteiger partial charge in [-0.3, -0.25) is 0 Å². The second kappa shape index (κ2) is 5.19. The highest BCUT2D eigenvalue weighted by molar-refractivity contribution is 5.31. The first-order chi connectivity index (χ1) is 7.70. The molecule has 0 aliphatic carbocycles. The predicted octanol–water partition coefficient (Wildman–Crippen LogP) is 3.11. The number of benzene rings is 1. The molecule has 0 heterocycles. The molecule has 1 rings (SSSR count). The molecular formula is C15H25NO. The van der Waals surface area contributed by atoms with Gasteiger partial charge in [-0.05, 0) is 58.2 Å². The van der Waals surface area contributed by atoms with Crippen LogP contribution in [0.25, 0.3) is 0 Å². The first-order valence-electron chi connectivity index (χ1n) is 6.23. The number of rotatable bonds is 3. The fourth-order valence-corrected chi connectivity index (χ4v) is 2.00. The van der Waals surface area contributed by atoms with E-state index in [4.69, 9.17) is 0 Å². The molecule has 2 heteroatoms. The highest BCUT2D eigenvalue weighted by Gasteiger charge is 2.21. The number of aliphatic hydroxyl groups is 1. The molecule has 2 N–H and O–H groups in total. The third kappa shape index (κ3) is 4.14. The van der Waals surface area contributed by atoms with Gasteiger partial charge in [-0.1, -0.05) is 18.2 Å². The van der Waals surface area contributed by atoms with Crippen molar-refractivity contribution < 1.29 is 5.11 Å². The normalized spacial score (nSPS) is 15.7. The first kappa shape index (κ1) is 14.2. The van der Waals surface area contributed by atoms with Crippen LogP contribution in [0.5, 0.6) is 0 Å². The van der Waals surface area contributed by atoms with E-state index in [1.54, 1.807) is 0 Å². The van der Waals surface area contributed by atoms with Gasteiger partial charge in [-0.15, -0.1) is 0 Å². The van der Waals surface area contributed by atoms with Crippen LogP contribution >= 0.6 is 0 Å². The van der Waals surface area contributed by atoms with Crippen molar-refractivity contribution in [2.45, 2.75) is 59.2 Å². The van der Waals surface area contributed by atoms with Crippen molar-refractivity contribution in [1.29, 1.82) is 0 Å². The van der Waals surface area contributed by atoms with Gasteiger partial charge >= 0.3 is 0 Å². The summed E-state index contributed by atoms with van der Waals surface area (Å²) in [6, 6.07) is 6.18. The lowest BCUT2D eigenvalue weighted by molar-refractivity contribution is 0.121. The molecule has 2 atom stereocenters. The summed E-state index contributed by atoms with van der Waals surface area (Å²) in [5.41, 5.74) is 3.49. The molecule has 2 nitrogen and oxygen atoms in total. The summed E-state index contributed by atoms with van der Waals surface area (Å²) in [4.78, 5) is 0. The second-order valence-electron chi connectivity index (χ2n) is 5.97. The number of aliphatic hydroxyl groups excluding tert-OH is 1. The summed E-state index contributed by atoms with van der Waals surface area (Å²) in [5, 5.41) is 13.7. The summed E-state index contributed by atoms with van der Waals surface area (Å²) in [7, 11) is 0. The molecule has 0 aliphatic rings. The zero-order chi connectivity index (χ0) is 13.2. The monoisotopic (exact) mass is 235 g/mol. The minimum atomic E-state index is -0.464. The van der Waals surface area contributed by atoms with Crippen molar-refractivity contribution in [3.8, 4) is 0 Å². The first-order valence-corrected chi connectivity index (χ1v) is 6.23. The third-order valence-corrected chi connectivity index (χ3v) is 3.01. The van der Waals surface area contributed by atoms with E-state index in [0.29, 0.717) is 0 Å². The summed E-state index contributed by atoms with van der Waals surface area (Å²) < 4.78 is 0. The van der Waals surface area contributed by atoms with Gasteiger partial charge in [0.15, 0.2) is 0 Å².